The van der Waals surface area contributed by atoms with Crippen molar-refractivity contribution in [2.75, 3.05) is 12.3 Å². The maximum Gasteiger partial charge on any atom is 0.240 e. The summed E-state index contributed by atoms with van der Waals surface area (Å²) < 4.78 is 26.8. The van der Waals surface area contributed by atoms with Crippen LogP contribution in [0.2, 0.25) is 5.02 Å². The number of hydrogen-bond acceptors (Lipinski definition) is 4. The van der Waals surface area contributed by atoms with Crippen molar-refractivity contribution in [2.45, 2.75) is 44.1 Å². The SMILES string of the molecule is CCCC(C)(O)CNS(=O)(=O)c1cc(C)c(Cl)c(N)c1. The Hall–Kier alpha value is -0.820. The van der Waals surface area contributed by atoms with Gasteiger partial charge in [-0.05, 0) is 38.0 Å². The van der Waals surface area contributed by atoms with Crippen molar-refractivity contribution in [3.8, 4) is 0 Å². The van der Waals surface area contributed by atoms with Gasteiger partial charge in [0.15, 0.2) is 0 Å². The number of aliphatic hydroxyl groups is 1. The van der Waals surface area contributed by atoms with Crippen LogP contribution in [0, 0.1) is 6.92 Å². The molecule has 0 aromatic heterocycles. The molecule has 1 unspecified atom stereocenters. The average molecular weight is 321 g/mol. The predicted molar refractivity (Wildman–Crippen MR) is 81.3 cm³/mol. The van der Waals surface area contributed by atoms with Crippen molar-refractivity contribution in [3.63, 3.8) is 0 Å². The summed E-state index contributed by atoms with van der Waals surface area (Å²) >= 11 is 5.91. The average Bonchev–Trinajstić information content (AvgIpc) is 2.33. The molecule has 0 aliphatic rings. The van der Waals surface area contributed by atoms with Gasteiger partial charge in [0, 0.05) is 6.54 Å². The highest BCUT2D eigenvalue weighted by atomic mass is 35.5. The van der Waals surface area contributed by atoms with E-state index in [0.29, 0.717) is 17.0 Å². The molecule has 0 heterocycles. The van der Waals surface area contributed by atoms with Crippen molar-refractivity contribution in [1.29, 1.82) is 0 Å². The Balaban J connectivity index is 2.95. The summed E-state index contributed by atoms with van der Waals surface area (Å²) in [5.41, 5.74) is 5.40. The Kier molecular flexibility index (Phi) is 5.43. The van der Waals surface area contributed by atoms with Crippen molar-refractivity contribution in [3.05, 3.63) is 22.7 Å². The van der Waals surface area contributed by atoms with E-state index in [1.54, 1.807) is 13.8 Å². The normalized spacial score (nSPS) is 15.1. The fraction of sp³-hybridized carbons (Fsp3) is 0.538. The fourth-order valence-electron chi connectivity index (χ4n) is 1.88. The molecular formula is C13H21ClN2O3S. The number of sulfonamides is 1. The summed E-state index contributed by atoms with van der Waals surface area (Å²) in [4.78, 5) is 0.0456. The maximum atomic E-state index is 12.2. The van der Waals surface area contributed by atoms with Gasteiger partial charge in [-0.25, -0.2) is 13.1 Å². The van der Waals surface area contributed by atoms with Gasteiger partial charge in [0.2, 0.25) is 10.0 Å². The van der Waals surface area contributed by atoms with Crippen molar-refractivity contribution in [1.82, 2.24) is 4.72 Å². The quantitative estimate of drug-likeness (QED) is 0.699. The molecule has 20 heavy (non-hydrogen) atoms. The van der Waals surface area contributed by atoms with Gasteiger partial charge in [-0.15, -0.1) is 0 Å². The van der Waals surface area contributed by atoms with Crippen LogP contribution in [0.5, 0.6) is 0 Å². The van der Waals surface area contributed by atoms with Crippen molar-refractivity contribution >= 4 is 27.3 Å². The smallest absolute Gasteiger partial charge is 0.240 e. The monoisotopic (exact) mass is 320 g/mol. The molecule has 1 aromatic carbocycles. The molecule has 0 amide bonds. The number of nitrogens with two attached hydrogens (primary N) is 1. The van der Waals surface area contributed by atoms with Gasteiger partial charge in [-0.1, -0.05) is 24.9 Å². The number of hydrogen-bond donors (Lipinski definition) is 3. The number of nitrogens with one attached hydrogen (secondary N) is 1. The molecule has 0 saturated heterocycles. The van der Waals surface area contributed by atoms with Crippen LogP contribution in [0.3, 0.4) is 0 Å². The Morgan fingerprint density at radius 1 is 1.45 bits per heavy atom. The molecule has 0 radical (unpaired) electrons. The Bertz CT molecular complexity index is 562. The summed E-state index contributed by atoms with van der Waals surface area (Å²) in [5, 5.41) is 10.4. The molecule has 1 atom stereocenters. The first-order valence-electron chi connectivity index (χ1n) is 6.37. The lowest BCUT2D eigenvalue weighted by atomic mass is 10.0. The number of aryl methyl sites for hydroxylation is 1. The highest BCUT2D eigenvalue weighted by molar-refractivity contribution is 7.89. The molecule has 0 saturated carbocycles. The first kappa shape index (κ1) is 17.2. The highest BCUT2D eigenvalue weighted by Gasteiger charge is 2.24. The zero-order valence-corrected chi connectivity index (χ0v) is 13.5. The van der Waals surface area contributed by atoms with Crippen molar-refractivity contribution < 1.29 is 13.5 Å². The third kappa shape index (κ3) is 4.34. The van der Waals surface area contributed by atoms with E-state index in [1.165, 1.54) is 12.1 Å². The largest absolute Gasteiger partial charge is 0.397 e. The minimum Gasteiger partial charge on any atom is -0.397 e. The molecule has 0 aliphatic carbocycles. The predicted octanol–water partition coefficient (Wildman–Crippen LogP) is 2.06. The van der Waals surface area contributed by atoms with E-state index in [2.05, 4.69) is 4.72 Å². The van der Waals surface area contributed by atoms with Crippen LogP contribution in [0.15, 0.2) is 17.0 Å². The summed E-state index contributed by atoms with van der Waals surface area (Å²) in [6, 6.07) is 2.77. The van der Waals surface area contributed by atoms with Crippen LogP contribution in [0.4, 0.5) is 5.69 Å². The van der Waals surface area contributed by atoms with Gasteiger partial charge in [-0.2, -0.15) is 0 Å². The molecule has 0 spiro atoms. The first-order valence-corrected chi connectivity index (χ1v) is 8.23. The molecular weight excluding hydrogens is 300 g/mol. The van der Waals surface area contributed by atoms with Crippen LogP contribution < -0.4 is 10.5 Å². The van der Waals surface area contributed by atoms with Gasteiger partial charge < -0.3 is 10.8 Å². The van der Waals surface area contributed by atoms with Crippen LogP contribution in [0.25, 0.3) is 0 Å². The maximum absolute atomic E-state index is 12.2. The first-order chi connectivity index (χ1) is 9.09. The lowest BCUT2D eigenvalue weighted by Gasteiger charge is -2.23. The molecule has 1 rings (SSSR count). The summed E-state index contributed by atoms with van der Waals surface area (Å²) in [5.74, 6) is 0. The minimum absolute atomic E-state index is 0.0456. The fourth-order valence-corrected chi connectivity index (χ4v) is 3.27. The van der Waals surface area contributed by atoms with Gasteiger partial charge in [-0.3, -0.25) is 0 Å². The lowest BCUT2D eigenvalue weighted by molar-refractivity contribution is 0.0554. The topological polar surface area (TPSA) is 92.4 Å². The van der Waals surface area contributed by atoms with Gasteiger partial charge in [0.1, 0.15) is 0 Å². The van der Waals surface area contributed by atoms with E-state index in [4.69, 9.17) is 17.3 Å². The van der Waals surface area contributed by atoms with Crippen LogP contribution >= 0.6 is 11.6 Å². The van der Waals surface area contributed by atoms with Gasteiger partial charge in [0.05, 0.1) is 21.2 Å². The van der Waals surface area contributed by atoms with Gasteiger partial charge in [0.25, 0.3) is 0 Å². The van der Waals surface area contributed by atoms with E-state index in [9.17, 15) is 13.5 Å². The molecule has 1 aromatic rings. The second-order valence-electron chi connectivity index (χ2n) is 5.21. The number of halogens is 1. The molecule has 7 heteroatoms. The number of anilines is 1. The molecule has 114 valence electrons. The van der Waals surface area contributed by atoms with Crippen LogP contribution in [-0.2, 0) is 10.0 Å². The zero-order valence-electron chi connectivity index (χ0n) is 11.9. The number of rotatable bonds is 6. The van der Waals surface area contributed by atoms with Crippen molar-refractivity contribution in [2.24, 2.45) is 0 Å². The molecule has 5 nitrogen and oxygen atoms in total. The number of benzene rings is 1. The van der Waals surface area contributed by atoms with E-state index >= 15 is 0 Å². The second kappa shape index (κ2) is 6.30. The minimum atomic E-state index is -3.72. The van der Waals surface area contributed by atoms with Gasteiger partial charge >= 0.3 is 0 Å². The number of nitrogen functional groups attached to an aromatic ring is 1. The summed E-state index contributed by atoms with van der Waals surface area (Å²) in [6.07, 6.45) is 1.28. The molecule has 4 N–H and O–H groups in total. The van der Waals surface area contributed by atoms with Crippen LogP contribution in [-0.4, -0.2) is 25.7 Å². The molecule has 0 aliphatic heterocycles. The molecule has 0 fully saturated rings. The standard InChI is InChI=1S/C13H21ClN2O3S/c1-4-5-13(3,17)8-16-20(18,19)10-6-9(2)12(14)11(15)7-10/h6-7,16-17H,4-5,8,15H2,1-3H3. The van der Waals surface area contributed by atoms with E-state index in [1.807, 2.05) is 6.92 Å². The molecule has 0 bridgehead atoms. The Morgan fingerprint density at radius 3 is 2.55 bits per heavy atom. The zero-order chi connectivity index (χ0) is 15.6. The third-order valence-corrected chi connectivity index (χ3v) is 4.90. The van der Waals surface area contributed by atoms with E-state index < -0.39 is 15.6 Å². The van der Waals surface area contributed by atoms with Crippen LogP contribution in [0.1, 0.15) is 32.3 Å². The van der Waals surface area contributed by atoms with E-state index in [0.717, 1.165) is 6.42 Å². The lowest BCUT2D eigenvalue weighted by Crippen LogP contribution is -2.40. The summed E-state index contributed by atoms with van der Waals surface area (Å²) in [6.45, 7) is 5.16. The Morgan fingerprint density at radius 2 is 2.05 bits per heavy atom. The summed E-state index contributed by atoms with van der Waals surface area (Å²) in [7, 11) is -3.72. The third-order valence-electron chi connectivity index (χ3n) is 3.00. The second-order valence-corrected chi connectivity index (χ2v) is 7.36. The van der Waals surface area contributed by atoms with E-state index in [-0.39, 0.29) is 17.1 Å². The Labute approximate surface area is 125 Å². The highest BCUT2D eigenvalue weighted by Crippen LogP contribution is 2.26.